The molecule has 1 aliphatic rings. The molecule has 0 saturated carbocycles. The zero-order chi connectivity index (χ0) is 14.4. The number of para-hydroxylation sites is 1. The first-order chi connectivity index (χ1) is 9.61. The van der Waals surface area contributed by atoms with Crippen molar-refractivity contribution in [2.24, 2.45) is 0 Å². The van der Waals surface area contributed by atoms with Crippen LogP contribution in [0.2, 0.25) is 0 Å². The van der Waals surface area contributed by atoms with Gasteiger partial charge in [-0.1, -0.05) is 18.2 Å². The van der Waals surface area contributed by atoms with Crippen molar-refractivity contribution in [3.05, 3.63) is 29.8 Å². The highest BCUT2D eigenvalue weighted by Crippen LogP contribution is 2.21. The summed E-state index contributed by atoms with van der Waals surface area (Å²) in [4.78, 5) is 2.54. The number of hydrogen-bond acceptors (Lipinski definition) is 3. The zero-order valence-electron chi connectivity index (χ0n) is 13.1. The molecule has 0 unspecified atom stereocenters. The van der Waals surface area contributed by atoms with Gasteiger partial charge in [-0.25, -0.2) is 0 Å². The lowest BCUT2D eigenvalue weighted by Crippen LogP contribution is -2.26. The first kappa shape index (κ1) is 15.3. The fraction of sp³-hybridized carbons (Fsp3) is 0.647. The molecule has 0 bridgehead atoms. The molecule has 3 heteroatoms. The van der Waals surface area contributed by atoms with E-state index in [0.29, 0.717) is 0 Å². The Kier molecular flexibility index (Phi) is 5.44. The molecule has 1 aliphatic heterocycles. The molecule has 1 N–H and O–H groups in total. The van der Waals surface area contributed by atoms with Crippen molar-refractivity contribution < 1.29 is 4.74 Å². The first-order valence-electron chi connectivity index (χ1n) is 7.70. The van der Waals surface area contributed by atoms with E-state index in [1.165, 1.54) is 37.2 Å². The highest BCUT2D eigenvalue weighted by atomic mass is 16.5. The van der Waals surface area contributed by atoms with Crippen molar-refractivity contribution in [1.82, 2.24) is 4.90 Å². The van der Waals surface area contributed by atoms with Gasteiger partial charge in [0, 0.05) is 25.9 Å². The summed E-state index contributed by atoms with van der Waals surface area (Å²) in [6, 6.07) is 8.67. The molecule has 0 aromatic heterocycles. The number of methoxy groups -OCH3 is 1. The van der Waals surface area contributed by atoms with Gasteiger partial charge in [-0.15, -0.1) is 0 Å². The normalized spacial score (nSPS) is 16.6. The quantitative estimate of drug-likeness (QED) is 0.825. The Labute approximate surface area is 123 Å². The minimum absolute atomic E-state index is 0.0586. The minimum atomic E-state index is -0.0586. The number of benzene rings is 1. The molecule has 1 aromatic rings. The predicted molar refractivity (Wildman–Crippen MR) is 85.1 cm³/mol. The van der Waals surface area contributed by atoms with Gasteiger partial charge in [0.05, 0.1) is 5.60 Å². The zero-order valence-corrected chi connectivity index (χ0v) is 13.1. The highest BCUT2D eigenvalue weighted by Gasteiger charge is 2.16. The Morgan fingerprint density at radius 1 is 1.20 bits per heavy atom. The van der Waals surface area contributed by atoms with E-state index in [2.05, 4.69) is 48.3 Å². The van der Waals surface area contributed by atoms with E-state index in [-0.39, 0.29) is 5.60 Å². The third-order valence-corrected chi connectivity index (χ3v) is 4.21. The van der Waals surface area contributed by atoms with Crippen molar-refractivity contribution in [1.29, 1.82) is 0 Å². The number of rotatable bonds is 7. The van der Waals surface area contributed by atoms with E-state index in [1.54, 1.807) is 7.11 Å². The summed E-state index contributed by atoms with van der Waals surface area (Å²) in [6.07, 6.45) is 3.69. The third-order valence-electron chi connectivity index (χ3n) is 4.21. The van der Waals surface area contributed by atoms with Crippen LogP contribution in [0.4, 0.5) is 5.69 Å². The number of likely N-dealkylation sites (tertiary alicyclic amines) is 1. The van der Waals surface area contributed by atoms with Gasteiger partial charge >= 0.3 is 0 Å². The van der Waals surface area contributed by atoms with Crippen molar-refractivity contribution in [2.45, 2.75) is 45.3 Å². The van der Waals surface area contributed by atoms with Gasteiger partial charge in [0.2, 0.25) is 0 Å². The Balaban J connectivity index is 1.90. The summed E-state index contributed by atoms with van der Waals surface area (Å²) in [5.74, 6) is 0. The maximum atomic E-state index is 5.47. The SMILES string of the molecule is COC(C)(C)CCNc1ccccc1CN1CCCC1. The summed E-state index contributed by atoms with van der Waals surface area (Å²) in [5.41, 5.74) is 2.62. The predicted octanol–water partition coefficient (Wildman–Crippen LogP) is 3.51. The fourth-order valence-corrected chi connectivity index (χ4v) is 2.61. The van der Waals surface area contributed by atoms with E-state index in [0.717, 1.165) is 19.5 Å². The molecule has 1 heterocycles. The van der Waals surface area contributed by atoms with Crippen LogP contribution in [0.3, 0.4) is 0 Å². The number of ether oxygens (including phenoxy) is 1. The van der Waals surface area contributed by atoms with Crippen LogP contribution in [0, 0.1) is 0 Å². The standard InChI is InChI=1S/C17H28N2O/c1-17(2,20-3)10-11-18-16-9-5-4-8-15(16)14-19-12-6-7-13-19/h4-5,8-9,18H,6-7,10-14H2,1-3H3. The maximum Gasteiger partial charge on any atom is 0.0639 e. The molecule has 112 valence electrons. The van der Waals surface area contributed by atoms with Crippen molar-refractivity contribution in [3.8, 4) is 0 Å². The van der Waals surface area contributed by atoms with Gasteiger partial charge < -0.3 is 10.1 Å². The van der Waals surface area contributed by atoms with Crippen LogP contribution in [0.25, 0.3) is 0 Å². The summed E-state index contributed by atoms with van der Waals surface area (Å²) in [6.45, 7) is 8.75. The minimum Gasteiger partial charge on any atom is -0.385 e. The number of nitrogens with one attached hydrogen (secondary N) is 1. The summed E-state index contributed by atoms with van der Waals surface area (Å²) in [7, 11) is 1.78. The lowest BCUT2D eigenvalue weighted by atomic mass is 10.1. The van der Waals surface area contributed by atoms with Crippen molar-refractivity contribution >= 4 is 5.69 Å². The average Bonchev–Trinajstić information content (AvgIpc) is 2.93. The summed E-state index contributed by atoms with van der Waals surface area (Å²) >= 11 is 0. The van der Waals surface area contributed by atoms with Crippen molar-refractivity contribution in [2.75, 3.05) is 32.1 Å². The maximum absolute atomic E-state index is 5.47. The van der Waals surface area contributed by atoms with Crippen LogP contribution in [0.5, 0.6) is 0 Å². The van der Waals surface area contributed by atoms with E-state index >= 15 is 0 Å². The lowest BCUT2D eigenvalue weighted by molar-refractivity contribution is 0.0185. The average molecular weight is 276 g/mol. The molecule has 0 atom stereocenters. The molecular formula is C17H28N2O. The second-order valence-electron chi connectivity index (χ2n) is 6.28. The molecule has 0 amide bonds. The second kappa shape index (κ2) is 7.09. The molecular weight excluding hydrogens is 248 g/mol. The molecule has 1 fully saturated rings. The summed E-state index contributed by atoms with van der Waals surface area (Å²) in [5, 5.41) is 3.57. The number of hydrogen-bond donors (Lipinski definition) is 1. The van der Waals surface area contributed by atoms with Crippen LogP contribution < -0.4 is 5.32 Å². The molecule has 0 radical (unpaired) electrons. The van der Waals surface area contributed by atoms with Crippen LogP contribution in [0.15, 0.2) is 24.3 Å². The fourth-order valence-electron chi connectivity index (χ4n) is 2.61. The molecule has 0 aliphatic carbocycles. The van der Waals surface area contributed by atoms with Crippen LogP contribution in [-0.4, -0.2) is 37.2 Å². The first-order valence-corrected chi connectivity index (χ1v) is 7.70. The monoisotopic (exact) mass is 276 g/mol. The van der Waals surface area contributed by atoms with Crippen LogP contribution in [-0.2, 0) is 11.3 Å². The Morgan fingerprint density at radius 2 is 1.90 bits per heavy atom. The van der Waals surface area contributed by atoms with E-state index < -0.39 is 0 Å². The number of anilines is 1. The van der Waals surface area contributed by atoms with Crippen molar-refractivity contribution in [3.63, 3.8) is 0 Å². The highest BCUT2D eigenvalue weighted by molar-refractivity contribution is 5.51. The van der Waals surface area contributed by atoms with E-state index in [1.807, 2.05) is 0 Å². The Bertz CT molecular complexity index is 411. The molecule has 1 aromatic carbocycles. The molecule has 2 rings (SSSR count). The van der Waals surface area contributed by atoms with Crippen LogP contribution in [0.1, 0.15) is 38.7 Å². The largest absolute Gasteiger partial charge is 0.385 e. The van der Waals surface area contributed by atoms with E-state index in [4.69, 9.17) is 4.74 Å². The van der Waals surface area contributed by atoms with Crippen LogP contribution >= 0.6 is 0 Å². The van der Waals surface area contributed by atoms with E-state index in [9.17, 15) is 0 Å². The Hall–Kier alpha value is -1.06. The van der Waals surface area contributed by atoms with Gasteiger partial charge in [-0.3, -0.25) is 4.90 Å². The molecule has 20 heavy (non-hydrogen) atoms. The topological polar surface area (TPSA) is 24.5 Å². The van der Waals surface area contributed by atoms with Gasteiger partial charge in [-0.2, -0.15) is 0 Å². The Morgan fingerprint density at radius 3 is 2.60 bits per heavy atom. The third kappa shape index (κ3) is 4.50. The molecule has 3 nitrogen and oxygen atoms in total. The smallest absolute Gasteiger partial charge is 0.0639 e. The van der Waals surface area contributed by atoms with Gasteiger partial charge in [0.25, 0.3) is 0 Å². The molecule has 0 spiro atoms. The van der Waals surface area contributed by atoms with Gasteiger partial charge in [-0.05, 0) is 57.8 Å². The second-order valence-corrected chi connectivity index (χ2v) is 6.28. The lowest BCUT2D eigenvalue weighted by Gasteiger charge is -2.24. The van der Waals surface area contributed by atoms with Gasteiger partial charge in [0.15, 0.2) is 0 Å². The van der Waals surface area contributed by atoms with Gasteiger partial charge in [0.1, 0.15) is 0 Å². The number of nitrogens with zero attached hydrogens (tertiary/aromatic N) is 1. The summed E-state index contributed by atoms with van der Waals surface area (Å²) < 4.78 is 5.47. The molecule has 1 saturated heterocycles.